The fraction of sp³-hybridized carbons (Fsp3) is 0.125. The van der Waals surface area contributed by atoms with Crippen molar-refractivity contribution < 1.29 is 25.2 Å². The molecule has 7 heteroatoms. The minimum absolute atomic E-state index is 0.334. The SMILES string of the molecule is COC(=O)c1ccccc1[O][Sn][O]c1ccccc1C(=O)OC. The average Bonchev–Trinajstić information content (AvgIpc) is 2.61. The number of para-hydroxylation sites is 2. The topological polar surface area (TPSA) is 71.1 Å². The van der Waals surface area contributed by atoms with Gasteiger partial charge in [0.25, 0.3) is 0 Å². The molecule has 0 bridgehead atoms. The van der Waals surface area contributed by atoms with E-state index in [2.05, 4.69) is 0 Å². The summed E-state index contributed by atoms with van der Waals surface area (Å²) < 4.78 is 20.7. The van der Waals surface area contributed by atoms with Crippen molar-refractivity contribution in [1.29, 1.82) is 0 Å². The Morgan fingerprint density at radius 3 is 1.52 bits per heavy atom. The zero-order chi connectivity index (χ0) is 16.7. The summed E-state index contributed by atoms with van der Waals surface area (Å²) in [6.45, 7) is 0. The molecule has 0 saturated heterocycles. The summed E-state index contributed by atoms with van der Waals surface area (Å²) in [7, 11) is 2.62. The fourth-order valence-electron chi connectivity index (χ4n) is 1.78. The summed E-state index contributed by atoms with van der Waals surface area (Å²) in [5.41, 5.74) is 0.668. The Morgan fingerprint density at radius 2 is 1.13 bits per heavy atom. The van der Waals surface area contributed by atoms with Crippen LogP contribution in [0.2, 0.25) is 0 Å². The number of carbonyl (C=O) groups is 2. The second-order valence-electron chi connectivity index (χ2n) is 4.26. The van der Waals surface area contributed by atoms with Crippen molar-refractivity contribution >= 4 is 33.9 Å². The van der Waals surface area contributed by atoms with Crippen molar-refractivity contribution in [3.05, 3.63) is 59.7 Å². The summed E-state index contributed by atoms with van der Waals surface area (Å²) in [6, 6.07) is 13.5. The number of ether oxygens (including phenoxy) is 2. The van der Waals surface area contributed by atoms with E-state index in [4.69, 9.17) is 15.6 Å². The standard InChI is InChI=1S/2C8H8O3.Sn/c2*1-11-8(10)6-4-2-3-5-7(6)9;/h2*2-5,9H,1H3;/q;;+2/p-2. The average molecular weight is 421 g/mol. The first-order chi connectivity index (χ1) is 11.2. The van der Waals surface area contributed by atoms with Gasteiger partial charge in [-0.2, -0.15) is 0 Å². The normalized spacial score (nSPS) is 9.83. The maximum atomic E-state index is 11.7. The molecule has 2 aromatic carbocycles. The second-order valence-corrected chi connectivity index (χ2v) is 5.90. The molecule has 23 heavy (non-hydrogen) atoms. The number of methoxy groups -OCH3 is 2. The molecule has 6 nitrogen and oxygen atoms in total. The molecule has 2 aromatic rings. The predicted octanol–water partition coefficient (Wildman–Crippen LogP) is 2.25. The van der Waals surface area contributed by atoms with Crippen LogP contribution in [0.1, 0.15) is 20.7 Å². The Kier molecular flexibility index (Phi) is 6.27. The molecule has 0 aromatic heterocycles. The first-order valence-corrected chi connectivity index (χ1v) is 8.93. The number of carbonyl (C=O) groups excluding carboxylic acids is 2. The van der Waals surface area contributed by atoms with Crippen LogP contribution in [-0.4, -0.2) is 48.1 Å². The van der Waals surface area contributed by atoms with Gasteiger partial charge >= 0.3 is 144 Å². The van der Waals surface area contributed by atoms with Gasteiger partial charge < -0.3 is 0 Å². The zero-order valence-corrected chi connectivity index (χ0v) is 15.4. The van der Waals surface area contributed by atoms with Crippen molar-refractivity contribution in [2.45, 2.75) is 0 Å². The molecule has 0 saturated carbocycles. The Balaban J connectivity index is 2.07. The fourth-order valence-corrected chi connectivity index (χ4v) is 3.43. The third-order valence-electron chi connectivity index (χ3n) is 2.89. The van der Waals surface area contributed by atoms with Gasteiger partial charge in [0.05, 0.1) is 0 Å². The molecule has 0 unspecified atom stereocenters. The van der Waals surface area contributed by atoms with Crippen LogP contribution < -0.4 is 6.15 Å². The minimum atomic E-state index is -1.82. The van der Waals surface area contributed by atoms with Crippen LogP contribution in [0.3, 0.4) is 0 Å². The third-order valence-corrected chi connectivity index (χ3v) is 4.62. The summed E-state index contributed by atoms with van der Waals surface area (Å²) >= 11 is -1.82. The Labute approximate surface area is 144 Å². The molecule has 0 fully saturated rings. The van der Waals surface area contributed by atoms with Crippen molar-refractivity contribution in [3.63, 3.8) is 0 Å². The molecule has 0 N–H and O–H groups in total. The van der Waals surface area contributed by atoms with Gasteiger partial charge in [-0.15, -0.1) is 0 Å². The van der Waals surface area contributed by atoms with Crippen LogP contribution in [0.5, 0.6) is 11.5 Å². The van der Waals surface area contributed by atoms with Crippen LogP contribution in [0.25, 0.3) is 0 Å². The summed E-state index contributed by atoms with van der Waals surface area (Å²) in [5.74, 6) is -0.145. The Morgan fingerprint density at radius 1 is 0.739 bits per heavy atom. The number of hydrogen-bond donors (Lipinski definition) is 0. The van der Waals surface area contributed by atoms with E-state index in [0.29, 0.717) is 22.6 Å². The first-order valence-electron chi connectivity index (χ1n) is 6.60. The van der Waals surface area contributed by atoms with Gasteiger partial charge in [0, 0.05) is 0 Å². The van der Waals surface area contributed by atoms with Gasteiger partial charge in [-0.3, -0.25) is 0 Å². The predicted molar refractivity (Wildman–Crippen MR) is 82.6 cm³/mol. The van der Waals surface area contributed by atoms with E-state index in [1.54, 1.807) is 48.5 Å². The molecule has 2 rings (SSSR count). The van der Waals surface area contributed by atoms with Crippen LogP contribution in [-0.2, 0) is 9.47 Å². The molecule has 0 aliphatic heterocycles. The maximum absolute atomic E-state index is 11.7. The molecule has 118 valence electrons. The Bertz CT molecular complexity index is 641. The third kappa shape index (κ3) is 4.38. The molecular weight excluding hydrogens is 407 g/mol. The van der Waals surface area contributed by atoms with Crippen LogP contribution in [0.15, 0.2) is 48.5 Å². The zero-order valence-electron chi connectivity index (χ0n) is 12.6. The van der Waals surface area contributed by atoms with Crippen LogP contribution in [0.4, 0.5) is 0 Å². The molecule has 0 aliphatic carbocycles. The quantitative estimate of drug-likeness (QED) is 0.527. The summed E-state index contributed by atoms with van der Waals surface area (Å²) in [5, 5.41) is 0. The van der Waals surface area contributed by atoms with Crippen LogP contribution in [0, 0.1) is 0 Å². The summed E-state index contributed by atoms with van der Waals surface area (Å²) in [4.78, 5) is 23.3. The molecule has 0 amide bonds. The first kappa shape index (κ1) is 17.1. The van der Waals surface area contributed by atoms with Crippen molar-refractivity contribution in [2.75, 3.05) is 14.2 Å². The van der Waals surface area contributed by atoms with E-state index in [1.807, 2.05) is 0 Å². The Hall–Kier alpha value is -2.22. The van der Waals surface area contributed by atoms with Gasteiger partial charge in [0.1, 0.15) is 0 Å². The van der Waals surface area contributed by atoms with Gasteiger partial charge in [-0.05, 0) is 0 Å². The van der Waals surface area contributed by atoms with E-state index in [-0.39, 0.29) is 0 Å². The molecule has 2 radical (unpaired) electrons. The van der Waals surface area contributed by atoms with Gasteiger partial charge in [-0.25, -0.2) is 0 Å². The second kappa shape index (κ2) is 8.42. The number of benzene rings is 2. The van der Waals surface area contributed by atoms with E-state index < -0.39 is 33.9 Å². The number of rotatable bonds is 6. The molecule has 0 spiro atoms. The molecule has 0 aliphatic rings. The molecular formula is C16H14O6Sn. The van der Waals surface area contributed by atoms with Crippen molar-refractivity contribution in [1.82, 2.24) is 0 Å². The summed E-state index contributed by atoms with van der Waals surface area (Å²) in [6.07, 6.45) is 0. The molecule has 0 heterocycles. The van der Waals surface area contributed by atoms with E-state index in [1.165, 1.54) is 14.2 Å². The van der Waals surface area contributed by atoms with Crippen molar-refractivity contribution in [3.8, 4) is 11.5 Å². The van der Waals surface area contributed by atoms with Gasteiger partial charge in [-0.1, -0.05) is 0 Å². The van der Waals surface area contributed by atoms with Crippen molar-refractivity contribution in [2.24, 2.45) is 0 Å². The van der Waals surface area contributed by atoms with E-state index >= 15 is 0 Å². The van der Waals surface area contributed by atoms with Gasteiger partial charge in [0.15, 0.2) is 0 Å². The number of esters is 2. The van der Waals surface area contributed by atoms with E-state index in [9.17, 15) is 9.59 Å². The van der Waals surface area contributed by atoms with Gasteiger partial charge in [0.2, 0.25) is 0 Å². The monoisotopic (exact) mass is 422 g/mol. The number of hydrogen-bond acceptors (Lipinski definition) is 6. The molecule has 0 atom stereocenters. The van der Waals surface area contributed by atoms with E-state index in [0.717, 1.165) is 0 Å². The van der Waals surface area contributed by atoms with Crippen LogP contribution >= 0.6 is 0 Å².